The summed E-state index contributed by atoms with van der Waals surface area (Å²) in [5.74, 6) is -1.01. The summed E-state index contributed by atoms with van der Waals surface area (Å²) in [5, 5.41) is 13.0. The number of fused-ring (bicyclic) bond motifs is 3. The van der Waals surface area contributed by atoms with Crippen molar-refractivity contribution in [1.29, 1.82) is 0 Å². The molecule has 2 aliphatic rings. The Morgan fingerprint density at radius 2 is 2.00 bits per heavy atom. The molecule has 2 N–H and O–H groups in total. The van der Waals surface area contributed by atoms with Gasteiger partial charge in [0.25, 0.3) is 5.91 Å². The second-order valence-electron chi connectivity index (χ2n) is 9.90. The summed E-state index contributed by atoms with van der Waals surface area (Å²) in [7, 11) is 0. The molecule has 0 saturated carbocycles. The molecule has 0 aliphatic carbocycles. The maximum atomic E-state index is 13.2. The van der Waals surface area contributed by atoms with Gasteiger partial charge in [0, 0.05) is 25.4 Å². The summed E-state index contributed by atoms with van der Waals surface area (Å²) in [5.41, 5.74) is 0.810. The van der Waals surface area contributed by atoms with Crippen molar-refractivity contribution in [1.82, 2.24) is 15.2 Å². The first-order valence-corrected chi connectivity index (χ1v) is 12.8. The lowest BCUT2D eigenvalue weighted by atomic mass is 9.94. The van der Waals surface area contributed by atoms with E-state index in [0.717, 1.165) is 0 Å². The molecule has 2 amide bonds. The van der Waals surface area contributed by atoms with Gasteiger partial charge >= 0.3 is 5.97 Å². The van der Waals surface area contributed by atoms with Crippen LogP contribution in [0.2, 0.25) is 0 Å². The highest BCUT2D eigenvalue weighted by atomic mass is 16.5. The Labute approximate surface area is 218 Å². The number of esters is 1. The predicted molar refractivity (Wildman–Crippen MR) is 138 cm³/mol. The van der Waals surface area contributed by atoms with Crippen LogP contribution in [0.15, 0.2) is 59.3 Å². The molecule has 4 atom stereocenters. The zero-order valence-electron chi connectivity index (χ0n) is 21.8. The third-order valence-electron chi connectivity index (χ3n) is 6.41. The summed E-state index contributed by atoms with van der Waals surface area (Å²) in [6.45, 7) is 10.5. The molecule has 1 aromatic rings. The third kappa shape index (κ3) is 8.01. The number of oxazole rings is 1. The number of rotatable bonds is 1. The van der Waals surface area contributed by atoms with E-state index in [9.17, 15) is 19.5 Å². The second-order valence-corrected chi connectivity index (χ2v) is 9.90. The molecule has 37 heavy (non-hydrogen) atoms. The summed E-state index contributed by atoms with van der Waals surface area (Å²) in [4.78, 5) is 44.4. The number of carbonyl (C=O) groups is 3. The highest BCUT2D eigenvalue weighted by molar-refractivity contribution is 5.95. The topological polar surface area (TPSA) is 122 Å². The molecule has 2 bridgehead atoms. The van der Waals surface area contributed by atoms with E-state index in [1.807, 2.05) is 20.8 Å². The van der Waals surface area contributed by atoms with Gasteiger partial charge in [0.05, 0.1) is 6.10 Å². The SMILES string of the molecule is C=C1Cc2nc(co2)C(=O)N2CCC[C@@H]2C(=O)O[C@H](C(C)C)[C@H](C)/C=C/C(=O)NC/C=C/C=C/[C@@H](O)C1. The Kier molecular flexibility index (Phi) is 10.0. The average molecular weight is 512 g/mol. The lowest BCUT2D eigenvalue weighted by molar-refractivity contribution is -0.158. The highest BCUT2D eigenvalue weighted by Crippen LogP contribution is 2.25. The molecule has 200 valence electrons. The highest BCUT2D eigenvalue weighted by Gasteiger charge is 2.38. The van der Waals surface area contributed by atoms with Crippen LogP contribution in [0.3, 0.4) is 0 Å². The number of ether oxygens (including phenoxy) is 1. The summed E-state index contributed by atoms with van der Waals surface area (Å²) >= 11 is 0. The van der Waals surface area contributed by atoms with Crippen LogP contribution in [0.4, 0.5) is 0 Å². The van der Waals surface area contributed by atoms with Crippen LogP contribution in [-0.2, 0) is 20.7 Å². The normalized spacial score (nSPS) is 29.4. The van der Waals surface area contributed by atoms with Crippen LogP contribution in [-0.4, -0.2) is 64.1 Å². The van der Waals surface area contributed by atoms with Gasteiger partial charge in [-0.1, -0.05) is 63.3 Å². The minimum atomic E-state index is -0.751. The standard InChI is InChI=1S/C28H37N3O6/c1-18(2)26-20(4)11-12-24(33)29-13-7-5-6-9-21(32)15-19(3)16-25-30-22(17-36-25)27(34)31-14-8-10-23(31)28(35)37-26/h5-7,9,11-12,17-18,20-21,23,26,32H,3,8,10,13-16H2,1-2,4H3,(H,29,33)/b7-5+,9-6+,12-11+/t20-,21-,23-,26-/m1/s1. The molecule has 3 heterocycles. The zero-order chi connectivity index (χ0) is 26.9. The van der Waals surface area contributed by atoms with E-state index in [2.05, 4.69) is 16.9 Å². The van der Waals surface area contributed by atoms with Crippen LogP contribution >= 0.6 is 0 Å². The van der Waals surface area contributed by atoms with E-state index in [0.29, 0.717) is 43.8 Å². The second kappa shape index (κ2) is 13.2. The molecule has 3 rings (SSSR count). The lowest BCUT2D eigenvalue weighted by Gasteiger charge is -2.29. The molecule has 2 aliphatic heterocycles. The molecular weight excluding hydrogens is 474 g/mol. The monoisotopic (exact) mass is 511 g/mol. The minimum absolute atomic E-state index is 0.00274. The molecule has 1 fully saturated rings. The first kappa shape index (κ1) is 28.1. The predicted octanol–water partition coefficient (Wildman–Crippen LogP) is 3.13. The third-order valence-corrected chi connectivity index (χ3v) is 6.41. The number of amides is 2. The Bertz CT molecular complexity index is 1070. The summed E-state index contributed by atoms with van der Waals surface area (Å²) in [6, 6.07) is -0.710. The number of aliphatic hydroxyl groups is 1. The van der Waals surface area contributed by atoms with Crippen molar-refractivity contribution < 1.29 is 28.6 Å². The molecule has 0 spiro atoms. The largest absolute Gasteiger partial charge is 0.460 e. The van der Waals surface area contributed by atoms with Gasteiger partial charge in [0.15, 0.2) is 11.6 Å². The first-order chi connectivity index (χ1) is 17.7. The zero-order valence-corrected chi connectivity index (χ0v) is 21.8. The van der Waals surface area contributed by atoms with E-state index >= 15 is 0 Å². The Morgan fingerprint density at radius 1 is 1.22 bits per heavy atom. The molecule has 9 nitrogen and oxygen atoms in total. The van der Waals surface area contributed by atoms with E-state index in [4.69, 9.17) is 9.15 Å². The number of nitrogens with one attached hydrogen (secondary N) is 1. The smallest absolute Gasteiger partial charge is 0.329 e. The van der Waals surface area contributed by atoms with E-state index in [-0.39, 0.29) is 35.8 Å². The van der Waals surface area contributed by atoms with Crippen LogP contribution in [0, 0.1) is 11.8 Å². The maximum Gasteiger partial charge on any atom is 0.329 e. The molecule has 0 unspecified atom stereocenters. The van der Waals surface area contributed by atoms with Crippen molar-refractivity contribution in [3.05, 3.63) is 66.5 Å². The molecule has 1 aromatic heterocycles. The van der Waals surface area contributed by atoms with Crippen molar-refractivity contribution in [2.24, 2.45) is 11.8 Å². The van der Waals surface area contributed by atoms with E-state index in [1.165, 1.54) is 17.2 Å². The van der Waals surface area contributed by atoms with Crippen LogP contribution in [0.25, 0.3) is 0 Å². The number of carbonyl (C=O) groups excluding carboxylic acids is 3. The minimum Gasteiger partial charge on any atom is -0.460 e. The van der Waals surface area contributed by atoms with Crippen LogP contribution < -0.4 is 5.32 Å². The Morgan fingerprint density at radius 3 is 2.76 bits per heavy atom. The number of allylic oxidation sites excluding steroid dienone is 2. The number of hydrogen-bond acceptors (Lipinski definition) is 7. The fourth-order valence-electron chi connectivity index (χ4n) is 4.51. The van der Waals surface area contributed by atoms with Gasteiger partial charge in [-0.15, -0.1) is 0 Å². The maximum absolute atomic E-state index is 13.2. The lowest BCUT2D eigenvalue weighted by Crippen LogP contribution is -2.44. The van der Waals surface area contributed by atoms with Crippen molar-refractivity contribution in [3.8, 4) is 0 Å². The molecule has 0 radical (unpaired) electrons. The van der Waals surface area contributed by atoms with Crippen molar-refractivity contribution in [2.45, 2.75) is 64.7 Å². The van der Waals surface area contributed by atoms with Crippen LogP contribution in [0.5, 0.6) is 0 Å². The van der Waals surface area contributed by atoms with Crippen LogP contribution in [0.1, 0.15) is 56.4 Å². The van der Waals surface area contributed by atoms with Gasteiger partial charge in [0.1, 0.15) is 18.4 Å². The number of hydrogen-bond donors (Lipinski definition) is 2. The first-order valence-electron chi connectivity index (χ1n) is 12.8. The molecular formula is C28H37N3O6. The van der Waals surface area contributed by atoms with Gasteiger partial charge in [0.2, 0.25) is 5.91 Å². The van der Waals surface area contributed by atoms with E-state index in [1.54, 1.807) is 30.4 Å². The van der Waals surface area contributed by atoms with Crippen molar-refractivity contribution in [2.75, 3.05) is 13.1 Å². The van der Waals surface area contributed by atoms with Gasteiger partial charge in [-0.05, 0) is 31.3 Å². The number of nitrogens with zero attached hydrogens (tertiary/aromatic N) is 2. The van der Waals surface area contributed by atoms with Gasteiger partial charge in [-0.25, -0.2) is 9.78 Å². The van der Waals surface area contributed by atoms with E-state index < -0.39 is 24.2 Å². The number of aromatic nitrogens is 1. The summed E-state index contributed by atoms with van der Waals surface area (Å²) < 4.78 is 11.4. The molecule has 9 heteroatoms. The number of cyclic esters (lactones) is 1. The van der Waals surface area contributed by atoms with Gasteiger partial charge in [-0.3, -0.25) is 9.59 Å². The van der Waals surface area contributed by atoms with Gasteiger partial charge in [-0.2, -0.15) is 0 Å². The summed E-state index contributed by atoms with van der Waals surface area (Å²) in [6.07, 6.45) is 11.8. The van der Waals surface area contributed by atoms with Gasteiger partial charge < -0.3 is 24.5 Å². The number of aliphatic hydroxyl groups excluding tert-OH is 1. The molecule has 0 aromatic carbocycles. The molecule has 1 saturated heterocycles. The Hall–Kier alpha value is -3.46. The fraction of sp³-hybridized carbons (Fsp3) is 0.500. The Balaban J connectivity index is 1.83. The quantitative estimate of drug-likeness (QED) is 0.439. The average Bonchev–Trinajstić information content (AvgIpc) is 3.52. The van der Waals surface area contributed by atoms with Crippen molar-refractivity contribution in [3.63, 3.8) is 0 Å². The fourth-order valence-corrected chi connectivity index (χ4v) is 4.51. The van der Waals surface area contributed by atoms with Crippen molar-refractivity contribution >= 4 is 17.8 Å².